The Bertz CT molecular complexity index is 2030. The summed E-state index contributed by atoms with van der Waals surface area (Å²) in [6, 6.07) is 29.0. The summed E-state index contributed by atoms with van der Waals surface area (Å²) in [5, 5.41) is 28.2. The van der Waals surface area contributed by atoms with Crippen LogP contribution in [0.25, 0.3) is 0 Å². The van der Waals surface area contributed by atoms with E-state index in [-0.39, 0.29) is 22.6 Å². The van der Waals surface area contributed by atoms with Crippen molar-refractivity contribution in [2.75, 3.05) is 10.6 Å². The number of fused-ring (bicyclic) bond motifs is 2. The minimum atomic E-state index is -0.395. The normalized spacial score (nSPS) is 16.4. The van der Waals surface area contributed by atoms with Crippen LogP contribution in [0.3, 0.4) is 0 Å². The first-order valence-corrected chi connectivity index (χ1v) is 17.0. The predicted octanol–water partition coefficient (Wildman–Crippen LogP) is 9.20. The molecule has 5 aromatic rings. The van der Waals surface area contributed by atoms with Crippen molar-refractivity contribution >= 4 is 47.0 Å². The Morgan fingerprint density at radius 2 is 1.02 bits per heavy atom. The Balaban J connectivity index is 1.09. The first kappa shape index (κ1) is 32.5. The molecule has 2 amide bonds. The standard InChI is InChI=1S/C42H38N4O4/c1-25-19-21-27-9-7-17-35(37(25)27)45-41(49)31-13-5-11-29(39(31)47)23-43-33-15-3-4-16-34(33)44-24-30-12-6-14-32(40(30)48)42(50)46-36-18-8-10-28-22-20-26(2)38(28)36/h3-18,23-26,47-48H,19-22H2,1-2H3,(H,45,49)(H,46,50)/t25-,26-/m0/s1. The topological polar surface area (TPSA) is 123 Å². The number of hydrogen-bond acceptors (Lipinski definition) is 6. The van der Waals surface area contributed by atoms with Gasteiger partial charge < -0.3 is 20.8 Å². The Labute approximate surface area is 291 Å². The number of phenolic OH excluding ortho intramolecular Hbond substituents is 2. The van der Waals surface area contributed by atoms with Gasteiger partial charge in [0.25, 0.3) is 11.8 Å². The summed E-state index contributed by atoms with van der Waals surface area (Å²) in [6.07, 6.45) is 7.06. The summed E-state index contributed by atoms with van der Waals surface area (Å²) in [5.41, 5.74) is 8.40. The van der Waals surface area contributed by atoms with E-state index in [1.165, 1.54) is 23.6 Å². The van der Waals surface area contributed by atoms with Gasteiger partial charge in [-0.1, -0.05) is 62.4 Å². The molecule has 250 valence electrons. The zero-order valence-corrected chi connectivity index (χ0v) is 28.0. The highest BCUT2D eigenvalue weighted by atomic mass is 16.3. The molecule has 0 radical (unpaired) electrons. The van der Waals surface area contributed by atoms with Crippen LogP contribution in [0.5, 0.6) is 11.5 Å². The van der Waals surface area contributed by atoms with Crippen molar-refractivity contribution in [3.05, 3.63) is 142 Å². The van der Waals surface area contributed by atoms with E-state index in [1.54, 1.807) is 48.5 Å². The Morgan fingerprint density at radius 1 is 0.600 bits per heavy atom. The fourth-order valence-corrected chi connectivity index (χ4v) is 7.11. The third kappa shape index (κ3) is 6.40. The van der Waals surface area contributed by atoms with Crippen LogP contribution in [-0.4, -0.2) is 34.5 Å². The van der Waals surface area contributed by atoms with Gasteiger partial charge in [-0.2, -0.15) is 0 Å². The smallest absolute Gasteiger partial charge is 0.259 e. The average Bonchev–Trinajstić information content (AvgIpc) is 3.70. The van der Waals surface area contributed by atoms with E-state index in [1.807, 2.05) is 36.4 Å². The minimum absolute atomic E-state index is 0.147. The molecule has 2 atom stereocenters. The van der Waals surface area contributed by atoms with Gasteiger partial charge in [0, 0.05) is 34.9 Å². The predicted molar refractivity (Wildman–Crippen MR) is 199 cm³/mol. The van der Waals surface area contributed by atoms with Crippen molar-refractivity contribution in [2.24, 2.45) is 9.98 Å². The average molecular weight is 663 g/mol. The Kier molecular flexibility index (Phi) is 9.00. The van der Waals surface area contributed by atoms with Crippen LogP contribution >= 0.6 is 0 Å². The quantitative estimate of drug-likeness (QED) is 0.124. The van der Waals surface area contributed by atoms with Crippen molar-refractivity contribution in [1.29, 1.82) is 0 Å². The van der Waals surface area contributed by atoms with Gasteiger partial charge in [-0.25, -0.2) is 0 Å². The third-order valence-electron chi connectivity index (χ3n) is 9.76. The first-order valence-electron chi connectivity index (χ1n) is 17.0. The van der Waals surface area contributed by atoms with Crippen LogP contribution in [0, 0.1) is 0 Å². The Morgan fingerprint density at radius 3 is 1.46 bits per heavy atom. The number of phenols is 2. The van der Waals surface area contributed by atoms with Gasteiger partial charge in [0.15, 0.2) is 0 Å². The molecule has 0 unspecified atom stereocenters. The molecule has 0 fully saturated rings. The highest BCUT2D eigenvalue weighted by Gasteiger charge is 2.25. The molecule has 5 aromatic carbocycles. The summed E-state index contributed by atoms with van der Waals surface area (Å²) in [6.45, 7) is 4.32. The number of benzene rings is 5. The number of aryl methyl sites for hydroxylation is 2. The molecule has 0 heterocycles. The molecular formula is C42H38N4O4. The molecule has 0 bridgehead atoms. The maximum Gasteiger partial charge on any atom is 0.259 e. The number of para-hydroxylation sites is 4. The number of aromatic hydroxyl groups is 2. The second-order valence-corrected chi connectivity index (χ2v) is 13.0. The molecule has 8 heteroatoms. The highest BCUT2D eigenvalue weighted by molar-refractivity contribution is 6.09. The molecular weight excluding hydrogens is 624 g/mol. The Hall–Kier alpha value is -6.02. The summed E-state index contributed by atoms with van der Waals surface area (Å²) in [5.74, 6) is -0.433. The van der Waals surface area contributed by atoms with E-state index in [4.69, 9.17) is 0 Å². The van der Waals surface area contributed by atoms with Crippen molar-refractivity contribution in [2.45, 2.75) is 51.4 Å². The van der Waals surface area contributed by atoms with Gasteiger partial charge in [-0.15, -0.1) is 0 Å². The lowest BCUT2D eigenvalue weighted by Gasteiger charge is -2.14. The van der Waals surface area contributed by atoms with Gasteiger partial charge in [-0.3, -0.25) is 19.6 Å². The molecule has 8 nitrogen and oxygen atoms in total. The van der Waals surface area contributed by atoms with Crippen molar-refractivity contribution in [3.63, 3.8) is 0 Å². The van der Waals surface area contributed by atoms with Crippen molar-refractivity contribution < 1.29 is 19.8 Å². The van der Waals surface area contributed by atoms with Crippen molar-refractivity contribution in [3.8, 4) is 11.5 Å². The maximum atomic E-state index is 13.3. The van der Waals surface area contributed by atoms with E-state index in [0.717, 1.165) is 48.2 Å². The third-order valence-corrected chi connectivity index (χ3v) is 9.76. The lowest BCUT2D eigenvalue weighted by molar-refractivity contribution is 0.101. The van der Waals surface area contributed by atoms with E-state index in [9.17, 15) is 19.8 Å². The number of amides is 2. The van der Waals surface area contributed by atoms with E-state index in [2.05, 4.69) is 46.6 Å². The number of nitrogens with zero attached hydrogens (tertiary/aromatic N) is 2. The number of rotatable bonds is 8. The summed E-state index contributed by atoms with van der Waals surface area (Å²) < 4.78 is 0. The SMILES string of the molecule is C[C@H]1CCc2cccc(NC(=O)c3cccc(C=Nc4ccccc4N=Cc4cccc(C(=O)Nc5cccc6c5[C@@H](C)CC6)c4O)c3O)c21. The number of hydrogen-bond donors (Lipinski definition) is 4. The molecule has 4 N–H and O–H groups in total. The first-order chi connectivity index (χ1) is 24.3. The summed E-state index contributed by atoms with van der Waals surface area (Å²) >= 11 is 0. The van der Waals surface area contributed by atoms with E-state index < -0.39 is 11.8 Å². The van der Waals surface area contributed by atoms with E-state index in [0.29, 0.717) is 34.3 Å². The molecule has 7 rings (SSSR count). The fourth-order valence-electron chi connectivity index (χ4n) is 7.11. The molecule has 0 saturated carbocycles. The summed E-state index contributed by atoms with van der Waals surface area (Å²) in [4.78, 5) is 35.8. The lowest BCUT2D eigenvalue weighted by Crippen LogP contribution is -2.14. The number of carbonyl (C=O) groups excluding carboxylic acids is 2. The number of nitrogens with one attached hydrogen (secondary N) is 2. The van der Waals surface area contributed by atoms with Gasteiger partial charge in [0.1, 0.15) is 11.5 Å². The minimum Gasteiger partial charge on any atom is -0.506 e. The summed E-state index contributed by atoms with van der Waals surface area (Å²) in [7, 11) is 0. The zero-order valence-electron chi connectivity index (χ0n) is 28.0. The maximum absolute atomic E-state index is 13.3. The van der Waals surface area contributed by atoms with E-state index >= 15 is 0 Å². The molecule has 2 aliphatic rings. The molecule has 0 aliphatic heterocycles. The van der Waals surface area contributed by atoms with Crippen LogP contribution in [0.15, 0.2) is 107 Å². The monoisotopic (exact) mass is 662 g/mol. The van der Waals surface area contributed by atoms with Crippen LogP contribution in [-0.2, 0) is 12.8 Å². The highest BCUT2D eigenvalue weighted by Crippen LogP contribution is 2.39. The molecule has 0 saturated heterocycles. The van der Waals surface area contributed by atoms with Crippen LogP contribution in [0.1, 0.15) is 92.6 Å². The number of carbonyl (C=O) groups is 2. The van der Waals surface area contributed by atoms with Crippen molar-refractivity contribution in [1.82, 2.24) is 0 Å². The number of anilines is 2. The van der Waals surface area contributed by atoms with Crippen LogP contribution in [0.2, 0.25) is 0 Å². The largest absolute Gasteiger partial charge is 0.506 e. The zero-order chi connectivity index (χ0) is 34.8. The molecule has 50 heavy (non-hydrogen) atoms. The number of aliphatic imine (C=N–C) groups is 2. The van der Waals surface area contributed by atoms with Gasteiger partial charge in [0.05, 0.1) is 22.5 Å². The van der Waals surface area contributed by atoms with Gasteiger partial charge >= 0.3 is 0 Å². The molecule has 2 aliphatic carbocycles. The van der Waals surface area contributed by atoms with Crippen LogP contribution < -0.4 is 10.6 Å². The molecule has 0 aromatic heterocycles. The fraction of sp³-hybridized carbons (Fsp3) is 0.190. The molecule has 0 spiro atoms. The van der Waals surface area contributed by atoms with Gasteiger partial charge in [0.2, 0.25) is 0 Å². The second-order valence-electron chi connectivity index (χ2n) is 13.0. The second kappa shape index (κ2) is 13.8. The van der Waals surface area contributed by atoms with Crippen LogP contribution in [0.4, 0.5) is 22.7 Å². The lowest BCUT2D eigenvalue weighted by atomic mass is 10.0. The van der Waals surface area contributed by atoms with Gasteiger partial charge in [-0.05, 0) is 108 Å².